The first-order chi connectivity index (χ1) is 9.99. The van der Waals surface area contributed by atoms with Gasteiger partial charge in [-0.1, -0.05) is 13.8 Å². The molecular formula is C18H31NO2. The van der Waals surface area contributed by atoms with E-state index in [1.54, 1.807) is 0 Å². The lowest BCUT2D eigenvalue weighted by Gasteiger charge is -2.57. The Labute approximate surface area is 129 Å². The second-order valence-corrected chi connectivity index (χ2v) is 8.50. The zero-order chi connectivity index (χ0) is 15.0. The van der Waals surface area contributed by atoms with Crippen molar-refractivity contribution in [2.75, 3.05) is 13.7 Å². The number of ether oxygens (including phenoxy) is 1. The zero-order valence-corrected chi connectivity index (χ0v) is 13.9. The Kier molecular flexibility index (Phi) is 4.31. The molecule has 0 amide bonds. The Morgan fingerprint density at radius 3 is 2.10 bits per heavy atom. The monoisotopic (exact) mass is 293 g/mol. The van der Waals surface area contributed by atoms with Crippen molar-refractivity contribution < 1.29 is 9.53 Å². The van der Waals surface area contributed by atoms with E-state index in [0.29, 0.717) is 11.3 Å². The first-order valence-electron chi connectivity index (χ1n) is 8.81. The lowest BCUT2D eigenvalue weighted by Crippen LogP contribution is -2.53. The lowest BCUT2D eigenvalue weighted by molar-refractivity contribution is -0.144. The van der Waals surface area contributed by atoms with Crippen molar-refractivity contribution in [2.24, 2.45) is 29.1 Å². The van der Waals surface area contributed by atoms with Crippen LogP contribution in [0.1, 0.15) is 58.8 Å². The van der Waals surface area contributed by atoms with Crippen LogP contribution in [0.2, 0.25) is 0 Å². The van der Waals surface area contributed by atoms with E-state index in [4.69, 9.17) is 4.74 Å². The Balaban J connectivity index is 1.61. The van der Waals surface area contributed by atoms with E-state index in [-0.39, 0.29) is 12.0 Å². The summed E-state index contributed by atoms with van der Waals surface area (Å²) < 4.78 is 4.98. The van der Waals surface area contributed by atoms with Gasteiger partial charge in [0.05, 0.1) is 7.11 Å². The summed E-state index contributed by atoms with van der Waals surface area (Å²) >= 11 is 0. The highest BCUT2D eigenvalue weighted by molar-refractivity contribution is 5.75. The van der Waals surface area contributed by atoms with Crippen LogP contribution in [0, 0.1) is 29.1 Å². The van der Waals surface area contributed by atoms with Gasteiger partial charge in [0.25, 0.3) is 0 Å². The third kappa shape index (κ3) is 3.28. The smallest absolute Gasteiger partial charge is 0.322 e. The summed E-state index contributed by atoms with van der Waals surface area (Å²) in [5.74, 6) is 3.34. The van der Waals surface area contributed by atoms with Gasteiger partial charge < -0.3 is 10.1 Å². The average Bonchev–Trinajstić information content (AvgIpc) is 2.40. The fourth-order valence-electron chi connectivity index (χ4n) is 5.72. The first kappa shape index (κ1) is 15.3. The molecule has 0 spiro atoms. The molecule has 0 heterocycles. The number of rotatable bonds is 6. The first-order valence-corrected chi connectivity index (χ1v) is 8.81. The van der Waals surface area contributed by atoms with Crippen LogP contribution in [-0.2, 0) is 9.53 Å². The Morgan fingerprint density at radius 2 is 1.67 bits per heavy atom. The summed E-state index contributed by atoms with van der Waals surface area (Å²) in [6.45, 7) is 5.35. The normalized spacial score (nSPS) is 38.8. The largest absolute Gasteiger partial charge is 0.468 e. The molecule has 4 aliphatic rings. The molecule has 4 bridgehead atoms. The molecule has 4 aliphatic carbocycles. The van der Waals surface area contributed by atoms with E-state index >= 15 is 0 Å². The maximum absolute atomic E-state index is 12.0. The zero-order valence-electron chi connectivity index (χ0n) is 13.9. The Hall–Kier alpha value is -0.570. The van der Waals surface area contributed by atoms with Gasteiger partial charge in [-0.25, -0.2) is 0 Å². The summed E-state index contributed by atoms with van der Waals surface area (Å²) in [7, 11) is 1.50. The minimum absolute atomic E-state index is 0.0894. The van der Waals surface area contributed by atoms with Crippen molar-refractivity contribution in [3.05, 3.63) is 0 Å². The molecule has 1 N–H and O–H groups in total. The van der Waals surface area contributed by atoms with Gasteiger partial charge in [0, 0.05) is 6.54 Å². The van der Waals surface area contributed by atoms with Crippen molar-refractivity contribution in [3.63, 3.8) is 0 Å². The molecule has 1 unspecified atom stereocenters. The molecule has 0 aliphatic heterocycles. The third-order valence-electron chi connectivity index (χ3n) is 6.08. The molecule has 4 rings (SSSR count). The molecule has 1 atom stereocenters. The highest BCUT2D eigenvalue weighted by Gasteiger charge is 2.50. The van der Waals surface area contributed by atoms with E-state index in [9.17, 15) is 4.79 Å². The van der Waals surface area contributed by atoms with Crippen molar-refractivity contribution >= 4 is 5.97 Å². The second-order valence-electron chi connectivity index (χ2n) is 8.50. The maximum Gasteiger partial charge on any atom is 0.322 e. The quantitative estimate of drug-likeness (QED) is 0.763. The van der Waals surface area contributed by atoms with Crippen LogP contribution in [0.5, 0.6) is 0 Å². The molecule has 0 aromatic heterocycles. The third-order valence-corrected chi connectivity index (χ3v) is 6.08. The van der Waals surface area contributed by atoms with Crippen LogP contribution in [-0.4, -0.2) is 25.7 Å². The predicted octanol–water partition coefficient (Wildman–Crippen LogP) is 3.38. The fraction of sp³-hybridized carbons (Fsp3) is 0.944. The molecule has 21 heavy (non-hydrogen) atoms. The molecule has 0 saturated heterocycles. The summed E-state index contributed by atoms with van der Waals surface area (Å²) in [6.07, 6.45) is 9.48. The van der Waals surface area contributed by atoms with Crippen LogP contribution in [0.15, 0.2) is 0 Å². The SMILES string of the molecule is COC(=O)C(CC(C)C)NCC12CC3CC(CC(C3)C1)C2. The van der Waals surface area contributed by atoms with Crippen molar-refractivity contribution in [1.29, 1.82) is 0 Å². The Morgan fingerprint density at radius 1 is 1.14 bits per heavy atom. The minimum Gasteiger partial charge on any atom is -0.468 e. The van der Waals surface area contributed by atoms with Crippen LogP contribution in [0.3, 0.4) is 0 Å². The van der Waals surface area contributed by atoms with Gasteiger partial charge in [-0.2, -0.15) is 0 Å². The number of nitrogens with one attached hydrogen (secondary N) is 1. The lowest BCUT2D eigenvalue weighted by atomic mass is 9.49. The van der Waals surface area contributed by atoms with Crippen molar-refractivity contribution in [3.8, 4) is 0 Å². The standard InChI is InChI=1S/C18H31NO2/c1-12(2)4-16(17(20)21-3)19-11-18-8-13-5-14(9-18)7-15(6-13)10-18/h12-16,19H,4-11H2,1-3H3. The van der Waals surface area contributed by atoms with Gasteiger partial charge in [0.1, 0.15) is 6.04 Å². The second kappa shape index (κ2) is 5.91. The van der Waals surface area contributed by atoms with Gasteiger partial charge in [-0.05, 0) is 74.0 Å². The van der Waals surface area contributed by atoms with Gasteiger partial charge in [0.2, 0.25) is 0 Å². The molecule has 120 valence electrons. The van der Waals surface area contributed by atoms with Crippen LogP contribution >= 0.6 is 0 Å². The van der Waals surface area contributed by atoms with E-state index in [1.807, 2.05) is 0 Å². The van der Waals surface area contributed by atoms with Crippen LogP contribution < -0.4 is 5.32 Å². The van der Waals surface area contributed by atoms with Crippen LogP contribution in [0.25, 0.3) is 0 Å². The summed E-state index contributed by atoms with van der Waals surface area (Å²) in [5.41, 5.74) is 0.484. The van der Waals surface area contributed by atoms with E-state index in [0.717, 1.165) is 30.7 Å². The predicted molar refractivity (Wildman–Crippen MR) is 83.9 cm³/mol. The maximum atomic E-state index is 12.0. The number of esters is 1. The average molecular weight is 293 g/mol. The molecule has 4 saturated carbocycles. The molecule has 3 nitrogen and oxygen atoms in total. The highest BCUT2D eigenvalue weighted by Crippen LogP contribution is 2.59. The number of hydrogen-bond acceptors (Lipinski definition) is 3. The fourth-order valence-corrected chi connectivity index (χ4v) is 5.72. The number of carbonyl (C=O) groups is 1. The van der Waals surface area contributed by atoms with Gasteiger partial charge in [0.15, 0.2) is 0 Å². The topological polar surface area (TPSA) is 38.3 Å². The summed E-state index contributed by atoms with van der Waals surface area (Å²) in [5, 5.41) is 3.58. The van der Waals surface area contributed by atoms with Crippen molar-refractivity contribution in [2.45, 2.75) is 64.8 Å². The molecular weight excluding hydrogens is 262 g/mol. The number of methoxy groups -OCH3 is 1. The van der Waals surface area contributed by atoms with Crippen LogP contribution in [0.4, 0.5) is 0 Å². The number of hydrogen-bond donors (Lipinski definition) is 1. The summed E-state index contributed by atoms with van der Waals surface area (Å²) in [4.78, 5) is 12.0. The molecule has 4 fully saturated rings. The minimum atomic E-state index is -0.122. The van der Waals surface area contributed by atoms with E-state index in [2.05, 4.69) is 19.2 Å². The van der Waals surface area contributed by atoms with E-state index < -0.39 is 0 Å². The van der Waals surface area contributed by atoms with Crippen molar-refractivity contribution in [1.82, 2.24) is 5.32 Å². The van der Waals surface area contributed by atoms with Gasteiger partial charge in [-0.15, -0.1) is 0 Å². The molecule has 0 aromatic rings. The number of carbonyl (C=O) groups excluding carboxylic acids is 1. The van der Waals surface area contributed by atoms with E-state index in [1.165, 1.54) is 45.6 Å². The highest BCUT2D eigenvalue weighted by atomic mass is 16.5. The molecule has 0 radical (unpaired) electrons. The van der Waals surface area contributed by atoms with Gasteiger partial charge >= 0.3 is 5.97 Å². The Bertz CT molecular complexity index is 355. The molecule has 3 heteroatoms. The molecule has 0 aromatic carbocycles. The van der Waals surface area contributed by atoms with Gasteiger partial charge in [-0.3, -0.25) is 4.79 Å². The summed E-state index contributed by atoms with van der Waals surface area (Å²) in [6, 6.07) is -0.122.